The van der Waals surface area contributed by atoms with E-state index in [1.165, 1.54) is 101 Å². The molecule has 0 fully saturated rings. The molecule has 0 saturated heterocycles. The first-order valence-corrected chi connectivity index (χ1v) is 21.5. The maximum atomic E-state index is 2.47. The maximum absolute atomic E-state index is 2.47. The van der Waals surface area contributed by atoms with Gasteiger partial charge in [0.2, 0.25) is 0 Å². The van der Waals surface area contributed by atoms with Crippen LogP contribution in [0.25, 0.3) is 34.1 Å². The van der Waals surface area contributed by atoms with Crippen molar-refractivity contribution in [1.82, 2.24) is 0 Å². The zero-order valence-corrected chi connectivity index (χ0v) is 36.2. The smallest absolute Gasteiger partial charge is 0.0540 e. The predicted molar refractivity (Wildman–Crippen MR) is 259 cm³/mol. The van der Waals surface area contributed by atoms with E-state index >= 15 is 0 Å². The molecule has 2 aliphatic rings. The topological polar surface area (TPSA) is 6.48 Å². The van der Waals surface area contributed by atoms with E-state index in [9.17, 15) is 0 Å². The number of para-hydroxylation sites is 4. The monoisotopic (exact) mass is 778 g/mol. The lowest BCUT2D eigenvalue weighted by Crippen LogP contribution is -2.30. The summed E-state index contributed by atoms with van der Waals surface area (Å²) in [6.07, 6.45) is 4.58. The van der Waals surface area contributed by atoms with Crippen LogP contribution in [-0.4, -0.2) is 0 Å². The molecule has 0 N–H and O–H groups in total. The van der Waals surface area contributed by atoms with E-state index in [0.29, 0.717) is 0 Å². The third-order valence-corrected chi connectivity index (χ3v) is 12.9. The molecule has 0 amide bonds. The molecule has 0 bridgehead atoms. The van der Waals surface area contributed by atoms with Crippen LogP contribution in [0.3, 0.4) is 0 Å². The maximum Gasteiger partial charge on any atom is 0.0540 e. The summed E-state index contributed by atoms with van der Waals surface area (Å²) in [4.78, 5) is 4.90. The standard InChI is InChI=1S/C56H48N2.C2H6/c1-37-17-7-11-24-50(37)58(51-25-12-8-18-38(51)2)52-28-16-20-42-40(19-15-21-45(42)52)31-29-39-30-33-43-44-34-32-41(36-49(44)56(5,6)48(43)35-39)57-53-26-13-9-22-46(53)55(3,4)47-23-10-14-27-54(47)57;1-2/h7-36H,1-6H3;1-2H3/b31-29+;. The lowest BCUT2D eigenvalue weighted by atomic mass is 9.73. The largest absolute Gasteiger partial charge is 0.310 e. The van der Waals surface area contributed by atoms with Crippen LogP contribution < -0.4 is 9.80 Å². The predicted octanol–water partition coefficient (Wildman–Crippen LogP) is 16.5. The number of nitrogens with zero attached hydrogens (tertiary/aromatic N) is 2. The van der Waals surface area contributed by atoms with Gasteiger partial charge in [0, 0.05) is 33.3 Å². The number of hydrogen-bond acceptors (Lipinski definition) is 2. The third-order valence-electron chi connectivity index (χ3n) is 12.9. The highest BCUT2D eigenvalue weighted by atomic mass is 15.2. The summed E-state index contributed by atoms with van der Waals surface area (Å²) in [5.41, 5.74) is 20.0. The van der Waals surface area contributed by atoms with Gasteiger partial charge in [0.15, 0.2) is 0 Å². The Morgan fingerprint density at radius 1 is 0.433 bits per heavy atom. The van der Waals surface area contributed by atoms with Crippen molar-refractivity contribution >= 4 is 57.0 Å². The van der Waals surface area contributed by atoms with Gasteiger partial charge in [-0.3, -0.25) is 0 Å². The highest BCUT2D eigenvalue weighted by molar-refractivity contribution is 6.04. The molecular formula is C58H54N2. The Morgan fingerprint density at radius 3 is 1.57 bits per heavy atom. The fourth-order valence-electron chi connectivity index (χ4n) is 9.80. The van der Waals surface area contributed by atoms with Gasteiger partial charge in [0.25, 0.3) is 0 Å². The quantitative estimate of drug-likeness (QED) is 0.155. The Morgan fingerprint density at radius 2 is 0.933 bits per heavy atom. The number of rotatable bonds is 6. The number of aryl methyl sites for hydroxylation is 2. The second-order valence-electron chi connectivity index (χ2n) is 17.1. The van der Waals surface area contributed by atoms with Gasteiger partial charge in [-0.05, 0) is 117 Å². The molecule has 8 aromatic carbocycles. The van der Waals surface area contributed by atoms with Gasteiger partial charge >= 0.3 is 0 Å². The average Bonchev–Trinajstić information content (AvgIpc) is 3.50. The van der Waals surface area contributed by atoms with Crippen LogP contribution in [0.4, 0.5) is 34.1 Å². The zero-order valence-electron chi connectivity index (χ0n) is 36.2. The summed E-state index contributed by atoms with van der Waals surface area (Å²) in [6, 6.07) is 62.7. The number of anilines is 6. The molecule has 0 spiro atoms. The van der Waals surface area contributed by atoms with E-state index in [-0.39, 0.29) is 10.8 Å². The van der Waals surface area contributed by atoms with Crippen LogP contribution in [0.15, 0.2) is 170 Å². The minimum absolute atomic E-state index is 0.0862. The molecule has 2 nitrogen and oxygen atoms in total. The highest BCUT2D eigenvalue weighted by Crippen LogP contribution is 2.55. The molecular weight excluding hydrogens is 725 g/mol. The lowest BCUT2D eigenvalue weighted by Gasteiger charge is -2.42. The number of hydrogen-bond donors (Lipinski definition) is 0. The van der Waals surface area contributed by atoms with Crippen LogP contribution in [0, 0.1) is 13.8 Å². The van der Waals surface area contributed by atoms with Crippen LogP contribution in [0.5, 0.6) is 0 Å². The molecule has 1 heterocycles. The molecule has 1 aliphatic carbocycles. The average molecular weight is 779 g/mol. The van der Waals surface area contributed by atoms with E-state index in [0.717, 1.165) is 0 Å². The highest BCUT2D eigenvalue weighted by Gasteiger charge is 2.39. The minimum atomic E-state index is -0.165. The normalized spacial score (nSPS) is 14.2. The van der Waals surface area contributed by atoms with Gasteiger partial charge in [-0.25, -0.2) is 0 Å². The van der Waals surface area contributed by atoms with E-state index in [2.05, 4.69) is 233 Å². The molecule has 2 heteroatoms. The summed E-state index contributed by atoms with van der Waals surface area (Å²) in [5, 5.41) is 2.45. The second-order valence-corrected chi connectivity index (χ2v) is 17.1. The summed E-state index contributed by atoms with van der Waals surface area (Å²) < 4.78 is 0. The molecule has 60 heavy (non-hydrogen) atoms. The third kappa shape index (κ3) is 6.25. The molecule has 0 aromatic heterocycles. The Kier molecular flexibility index (Phi) is 9.84. The summed E-state index contributed by atoms with van der Waals surface area (Å²) in [6.45, 7) is 17.9. The Balaban J connectivity index is 0.00000228. The van der Waals surface area contributed by atoms with Crippen molar-refractivity contribution in [3.63, 3.8) is 0 Å². The summed E-state index contributed by atoms with van der Waals surface area (Å²) in [5.74, 6) is 0. The zero-order chi connectivity index (χ0) is 41.8. The molecule has 0 saturated carbocycles. The molecule has 296 valence electrons. The molecule has 0 unspecified atom stereocenters. The van der Waals surface area contributed by atoms with Crippen LogP contribution in [0.2, 0.25) is 0 Å². The van der Waals surface area contributed by atoms with Crippen molar-refractivity contribution < 1.29 is 0 Å². The van der Waals surface area contributed by atoms with Crippen molar-refractivity contribution in [2.75, 3.05) is 9.80 Å². The van der Waals surface area contributed by atoms with Gasteiger partial charge in [0.05, 0.1) is 17.1 Å². The molecule has 8 aromatic rings. The minimum Gasteiger partial charge on any atom is -0.310 e. The lowest BCUT2D eigenvalue weighted by molar-refractivity contribution is 0.631. The van der Waals surface area contributed by atoms with E-state index in [1.54, 1.807) is 0 Å². The van der Waals surface area contributed by atoms with Gasteiger partial charge in [0.1, 0.15) is 0 Å². The van der Waals surface area contributed by atoms with E-state index in [1.807, 2.05) is 13.8 Å². The molecule has 0 radical (unpaired) electrons. The van der Waals surface area contributed by atoms with Gasteiger partial charge in [-0.15, -0.1) is 0 Å². The van der Waals surface area contributed by atoms with Crippen molar-refractivity contribution in [3.8, 4) is 11.1 Å². The van der Waals surface area contributed by atoms with Gasteiger partial charge in [-0.2, -0.15) is 0 Å². The van der Waals surface area contributed by atoms with Crippen LogP contribution in [0.1, 0.15) is 86.1 Å². The summed E-state index contributed by atoms with van der Waals surface area (Å²) in [7, 11) is 0. The van der Waals surface area contributed by atoms with Crippen LogP contribution >= 0.6 is 0 Å². The van der Waals surface area contributed by atoms with Crippen molar-refractivity contribution in [2.45, 2.75) is 66.2 Å². The van der Waals surface area contributed by atoms with E-state index in [4.69, 9.17) is 0 Å². The fraction of sp³-hybridized carbons (Fsp3) is 0.172. The molecule has 1 aliphatic heterocycles. The van der Waals surface area contributed by atoms with E-state index < -0.39 is 0 Å². The summed E-state index contributed by atoms with van der Waals surface area (Å²) >= 11 is 0. The molecule has 0 atom stereocenters. The van der Waals surface area contributed by atoms with Crippen LogP contribution in [-0.2, 0) is 10.8 Å². The van der Waals surface area contributed by atoms with Crippen molar-refractivity contribution in [2.24, 2.45) is 0 Å². The van der Waals surface area contributed by atoms with Gasteiger partial charge in [-0.1, -0.05) is 181 Å². The number of fused-ring (bicyclic) bond motifs is 6. The number of benzene rings is 8. The molecule has 10 rings (SSSR count). The first-order valence-electron chi connectivity index (χ1n) is 21.5. The first kappa shape index (κ1) is 38.9. The SMILES string of the molecule is CC.Cc1ccccc1N(c1ccccc1C)c1cccc2c(/C=C/c3ccc4c(c3)C(C)(C)c3cc(N5c6ccccc6C(C)(C)c6ccccc65)ccc3-4)cccc12. The van der Waals surface area contributed by atoms with Crippen molar-refractivity contribution in [3.05, 3.63) is 214 Å². The fourth-order valence-corrected chi connectivity index (χ4v) is 9.80. The van der Waals surface area contributed by atoms with Gasteiger partial charge < -0.3 is 9.80 Å². The second kappa shape index (κ2) is 15.2. The first-order chi connectivity index (χ1) is 29.1. The Bertz CT molecular complexity index is 2850. The Hall–Kier alpha value is -6.64. The Labute approximate surface area is 357 Å². The van der Waals surface area contributed by atoms with Crippen molar-refractivity contribution in [1.29, 1.82) is 0 Å².